The van der Waals surface area contributed by atoms with E-state index in [1.807, 2.05) is 19.1 Å². The fourth-order valence-electron chi connectivity index (χ4n) is 2.83. The van der Waals surface area contributed by atoms with Gasteiger partial charge in [-0.1, -0.05) is 24.2 Å². The minimum Gasteiger partial charge on any atom is -0.334 e. The van der Waals surface area contributed by atoms with Crippen molar-refractivity contribution in [1.29, 1.82) is 0 Å². The molecule has 0 aliphatic heterocycles. The standard InChI is InChI=1S/C18H15FN4O2/c1-2-9-23-15-8-7-11(10-14(15)20-18(23)24)16-21-17(25-22-16)12-5-3-4-6-13(12)19/h3-8,10H,2,9H2,1H3,(H,20,24). The second-order valence-electron chi connectivity index (χ2n) is 5.72. The predicted octanol–water partition coefficient (Wildman–Crippen LogP) is 3.60. The van der Waals surface area contributed by atoms with E-state index in [0.29, 0.717) is 23.4 Å². The third-order valence-electron chi connectivity index (χ3n) is 4.01. The molecule has 126 valence electrons. The van der Waals surface area contributed by atoms with Crippen LogP contribution in [-0.2, 0) is 6.54 Å². The van der Waals surface area contributed by atoms with Crippen molar-refractivity contribution in [2.24, 2.45) is 0 Å². The van der Waals surface area contributed by atoms with Crippen molar-refractivity contribution >= 4 is 11.0 Å². The summed E-state index contributed by atoms with van der Waals surface area (Å²) < 4.78 is 20.7. The summed E-state index contributed by atoms with van der Waals surface area (Å²) in [5.41, 5.74) is 2.32. The van der Waals surface area contributed by atoms with E-state index in [4.69, 9.17) is 4.52 Å². The highest BCUT2D eigenvalue weighted by Crippen LogP contribution is 2.25. The number of halogens is 1. The van der Waals surface area contributed by atoms with E-state index in [2.05, 4.69) is 15.1 Å². The molecule has 0 aliphatic carbocycles. The molecule has 6 nitrogen and oxygen atoms in total. The maximum absolute atomic E-state index is 13.8. The zero-order chi connectivity index (χ0) is 17.4. The molecule has 0 aliphatic rings. The topological polar surface area (TPSA) is 76.7 Å². The molecule has 1 N–H and O–H groups in total. The zero-order valence-electron chi connectivity index (χ0n) is 13.5. The molecule has 2 aromatic carbocycles. The van der Waals surface area contributed by atoms with Crippen LogP contribution in [0, 0.1) is 5.82 Å². The fraction of sp³-hybridized carbons (Fsp3) is 0.167. The Morgan fingerprint density at radius 3 is 2.88 bits per heavy atom. The number of aromatic nitrogens is 4. The summed E-state index contributed by atoms with van der Waals surface area (Å²) in [5, 5.41) is 3.92. The Bertz CT molecular complexity index is 1110. The molecule has 0 spiro atoms. The molecule has 0 amide bonds. The lowest BCUT2D eigenvalue weighted by molar-refractivity contribution is 0.429. The molecule has 0 saturated carbocycles. The van der Waals surface area contributed by atoms with E-state index in [1.54, 1.807) is 28.8 Å². The Morgan fingerprint density at radius 2 is 2.08 bits per heavy atom. The number of nitrogens with zero attached hydrogens (tertiary/aromatic N) is 3. The van der Waals surface area contributed by atoms with Crippen molar-refractivity contribution in [3.8, 4) is 22.8 Å². The fourth-order valence-corrected chi connectivity index (χ4v) is 2.83. The summed E-state index contributed by atoms with van der Waals surface area (Å²) in [7, 11) is 0. The summed E-state index contributed by atoms with van der Waals surface area (Å²) in [6.07, 6.45) is 0.867. The molecule has 0 radical (unpaired) electrons. The van der Waals surface area contributed by atoms with Gasteiger partial charge in [-0.2, -0.15) is 4.98 Å². The number of nitrogens with one attached hydrogen (secondary N) is 1. The van der Waals surface area contributed by atoms with Crippen molar-refractivity contribution in [1.82, 2.24) is 19.7 Å². The first-order valence-electron chi connectivity index (χ1n) is 7.99. The molecule has 2 aromatic heterocycles. The van der Waals surface area contributed by atoms with Crippen molar-refractivity contribution in [3.63, 3.8) is 0 Å². The van der Waals surface area contributed by atoms with Crippen molar-refractivity contribution in [2.45, 2.75) is 19.9 Å². The van der Waals surface area contributed by atoms with E-state index < -0.39 is 5.82 Å². The lowest BCUT2D eigenvalue weighted by Crippen LogP contribution is -2.16. The minimum atomic E-state index is -0.422. The van der Waals surface area contributed by atoms with E-state index in [-0.39, 0.29) is 17.1 Å². The van der Waals surface area contributed by atoms with Gasteiger partial charge in [0.05, 0.1) is 16.6 Å². The Balaban J connectivity index is 1.76. The normalized spacial score (nSPS) is 11.3. The van der Waals surface area contributed by atoms with E-state index in [1.165, 1.54) is 6.07 Å². The molecule has 0 saturated heterocycles. The van der Waals surface area contributed by atoms with Crippen LogP contribution in [0.4, 0.5) is 4.39 Å². The van der Waals surface area contributed by atoms with Gasteiger partial charge in [-0.15, -0.1) is 0 Å². The Morgan fingerprint density at radius 1 is 1.24 bits per heavy atom. The molecular formula is C18H15FN4O2. The third kappa shape index (κ3) is 2.63. The number of imidazole rings is 1. The highest BCUT2D eigenvalue weighted by atomic mass is 19.1. The van der Waals surface area contributed by atoms with Crippen LogP contribution in [0.5, 0.6) is 0 Å². The molecule has 0 atom stereocenters. The number of benzene rings is 2. The SMILES string of the molecule is CCCn1c(=O)[nH]c2cc(-c3noc(-c4ccccc4F)n3)ccc21. The number of aryl methyl sites for hydroxylation is 1. The van der Waals surface area contributed by atoms with Crippen LogP contribution in [0.15, 0.2) is 51.8 Å². The quantitative estimate of drug-likeness (QED) is 0.617. The smallest absolute Gasteiger partial charge is 0.326 e. The molecular weight excluding hydrogens is 323 g/mol. The van der Waals surface area contributed by atoms with Crippen molar-refractivity contribution in [2.75, 3.05) is 0 Å². The highest BCUT2D eigenvalue weighted by Gasteiger charge is 2.15. The number of hydrogen-bond acceptors (Lipinski definition) is 4. The molecule has 4 rings (SSSR count). The van der Waals surface area contributed by atoms with Gasteiger partial charge in [0.25, 0.3) is 5.89 Å². The average molecular weight is 338 g/mol. The number of H-pyrrole nitrogens is 1. The third-order valence-corrected chi connectivity index (χ3v) is 4.01. The molecule has 7 heteroatoms. The summed E-state index contributed by atoms with van der Waals surface area (Å²) in [5.74, 6) is 0.0311. The maximum Gasteiger partial charge on any atom is 0.326 e. The first-order valence-corrected chi connectivity index (χ1v) is 7.99. The summed E-state index contributed by atoms with van der Waals surface area (Å²) in [6.45, 7) is 2.67. The first-order chi connectivity index (χ1) is 12.2. The monoisotopic (exact) mass is 338 g/mol. The lowest BCUT2D eigenvalue weighted by Gasteiger charge is -2.00. The van der Waals surface area contributed by atoms with Gasteiger partial charge in [-0.25, -0.2) is 9.18 Å². The lowest BCUT2D eigenvalue weighted by atomic mass is 10.2. The summed E-state index contributed by atoms with van der Waals surface area (Å²) in [6, 6.07) is 11.7. The minimum absolute atomic E-state index is 0.116. The van der Waals surface area contributed by atoms with Gasteiger partial charge in [-0.05, 0) is 36.8 Å². The van der Waals surface area contributed by atoms with Gasteiger partial charge < -0.3 is 9.51 Å². The zero-order valence-corrected chi connectivity index (χ0v) is 13.5. The van der Waals surface area contributed by atoms with Gasteiger partial charge in [-0.3, -0.25) is 4.57 Å². The number of aromatic amines is 1. The van der Waals surface area contributed by atoms with E-state index in [0.717, 1.165) is 11.9 Å². The highest BCUT2D eigenvalue weighted by molar-refractivity contribution is 5.80. The van der Waals surface area contributed by atoms with Gasteiger partial charge in [0.2, 0.25) is 5.82 Å². The Hall–Kier alpha value is -3.22. The van der Waals surface area contributed by atoms with Crippen molar-refractivity contribution < 1.29 is 8.91 Å². The van der Waals surface area contributed by atoms with Crippen LogP contribution < -0.4 is 5.69 Å². The average Bonchev–Trinajstić information content (AvgIpc) is 3.21. The van der Waals surface area contributed by atoms with Gasteiger partial charge in [0.15, 0.2) is 0 Å². The molecule has 0 fully saturated rings. The second-order valence-corrected chi connectivity index (χ2v) is 5.72. The summed E-state index contributed by atoms with van der Waals surface area (Å²) >= 11 is 0. The Kier molecular flexibility index (Phi) is 3.68. The second kappa shape index (κ2) is 6.01. The van der Waals surface area contributed by atoms with Crippen LogP contribution in [0.2, 0.25) is 0 Å². The Labute approximate surface area is 141 Å². The molecule has 2 heterocycles. The molecule has 0 unspecified atom stereocenters. The van der Waals surface area contributed by atoms with Crippen LogP contribution in [-0.4, -0.2) is 19.7 Å². The van der Waals surface area contributed by atoms with Crippen LogP contribution in [0.1, 0.15) is 13.3 Å². The molecule has 0 bridgehead atoms. The predicted molar refractivity (Wildman–Crippen MR) is 91.5 cm³/mol. The number of fused-ring (bicyclic) bond motifs is 1. The van der Waals surface area contributed by atoms with Gasteiger partial charge in [0, 0.05) is 12.1 Å². The van der Waals surface area contributed by atoms with Gasteiger partial charge in [0.1, 0.15) is 5.82 Å². The molecule has 25 heavy (non-hydrogen) atoms. The maximum atomic E-state index is 13.8. The van der Waals surface area contributed by atoms with E-state index in [9.17, 15) is 9.18 Å². The number of hydrogen-bond donors (Lipinski definition) is 1. The van der Waals surface area contributed by atoms with Gasteiger partial charge >= 0.3 is 5.69 Å². The first kappa shape index (κ1) is 15.3. The van der Waals surface area contributed by atoms with Crippen LogP contribution in [0.25, 0.3) is 33.9 Å². The largest absolute Gasteiger partial charge is 0.334 e. The summed E-state index contributed by atoms with van der Waals surface area (Å²) in [4.78, 5) is 19.1. The van der Waals surface area contributed by atoms with Crippen LogP contribution >= 0.6 is 0 Å². The van der Waals surface area contributed by atoms with Crippen LogP contribution in [0.3, 0.4) is 0 Å². The number of rotatable bonds is 4. The molecule has 4 aromatic rings. The van der Waals surface area contributed by atoms with Crippen molar-refractivity contribution in [3.05, 3.63) is 58.8 Å². The van der Waals surface area contributed by atoms with E-state index >= 15 is 0 Å².